The molecule has 3 aromatic carbocycles. The SMILES string of the molecule is COC(=O)c1cccc(N2C(=O)C(Cl)=C(Nc3ccc(CC(=O)Nc4ccccc4OC)cc3)C2=O)c1. The van der Waals surface area contributed by atoms with Crippen LogP contribution < -0.4 is 20.3 Å². The number of para-hydroxylation sites is 2. The van der Waals surface area contributed by atoms with Gasteiger partial charge >= 0.3 is 5.97 Å². The molecule has 37 heavy (non-hydrogen) atoms. The minimum absolute atomic E-state index is 0.100. The van der Waals surface area contributed by atoms with Gasteiger partial charge in [-0.25, -0.2) is 9.69 Å². The van der Waals surface area contributed by atoms with Crippen LogP contribution in [0, 0.1) is 0 Å². The van der Waals surface area contributed by atoms with E-state index in [9.17, 15) is 19.2 Å². The summed E-state index contributed by atoms with van der Waals surface area (Å²) in [5, 5.41) is 5.41. The summed E-state index contributed by atoms with van der Waals surface area (Å²) in [7, 11) is 2.76. The number of nitrogens with zero attached hydrogens (tertiary/aromatic N) is 1. The van der Waals surface area contributed by atoms with Gasteiger partial charge in [-0.1, -0.05) is 41.9 Å². The van der Waals surface area contributed by atoms with Gasteiger partial charge in [-0.2, -0.15) is 0 Å². The summed E-state index contributed by atoms with van der Waals surface area (Å²) in [6.07, 6.45) is 0.115. The summed E-state index contributed by atoms with van der Waals surface area (Å²) in [5.41, 5.74) is 2.06. The lowest BCUT2D eigenvalue weighted by molar-refractivity contribution is -0.120. The number of amides is 3. The number of hydrogen-bond acceptors (Lipinski definition) is 7. The molecule has 188 valence electrons. The second-order valence-corrected chi connectivity index (χ2v) is 8.30. The molecule has 3 aromatic rings. The van der Waals surface area contributed by atoms with Crippen molar-refractivity contribution in [1.82, 2.24) is 0 Å². The molecule has 2 N–H and O–H groups in total. The lowest BCUT2D eigenvalue weighted by Crippen LogP contribution is -2.32. The smallest absolute Gasteiger partial charge is 0.337 e. The molecule has 0 spiro atoms. The minimum atomic E-state index is -0.721. The van der Waals surface area contributed by atoms with Gasteiger partial charge in [-0.3, -0.25) is 14.4 Å². The number of imide groups is 1. The normalized spacial score (nSPS) is 13.0. The predicted molar refractivity (Wildman–Crippen MR) is 139 cm³/mol. The zero-order valence-corrected chi connectivity index (χ0v) is 20.7. The molecule has 1 heterocycles. The zero-order valence-electron chi connectivity index (χ0n) is 19.9. The molecule has 0 unspecified atom stereocenters. The number of halogens is 1. The third-order valence-corrected chi connectivity index (χ3v) is 5.87. The van der Waals surface area contributed by atoms with Crippen molar-refractivity contribution in [2.45, 2.75) is 6.42 Å². The fourth-order valence-corrected chi connectivity index (χ4v) is 3.93. The third kappa shape index (κ3) is 5.46. The van der Waals surface area contributed by atoms with Gasteiger partial charge < -0.3 is 20.1 Å². The minimum Gasteiger partial charge on any atom is -0.495 e. The molecule has 3 amide bonds. The van der Waals surface area contributed by atoms with E-state index in [-0.39, 0.29) is 34.3 Å². The number of nitrogens with one attached hydrogen (secondary N) is 2. The Kier molecular flexibility index (Phi) is 7.55. The lowest BCUT2D eigenvalue weighted by atomic mass is 10.1. The highest BCUT2D eigenvalue weighted by atomic mass is 35.5. The monoisotopic (exact) mass is 519 g/mol. The molecule has 0 saturated carbocycles. The molecule has 1 aliphatic rings. The number of anilines is 3. The number of benzene rings is 3. The highest BCUT2D eigenvalue weighted by molar-refractivity contribution is 6.53. The standard InChI is InChI=1S/C27H22ClN3O6/c1-36-21-9-4-3-8-20(21)30-22(32)14-16-10-12-18(13-11-16)29-24-23(28)25(33)31(26(24)34)19-7-5-6-17(15-19)27(35)37-2/h3-13,15,29H,14H2,1-2H3,(H,30,32). The lowest BCUT2D eigenvalue weighted by Gasteiger charge is -2.16. The summed E-state index contributed by atoms with van der Waals surface area (Å²) in [5.74, 6) is -1.66. The van der Waals surface area contributed by atoms with Gasteiger partial charge in [-0.05, 0) is 48.0 Å². The Balaban J connectivity index is 1.44. The Morgan fingerprint density at radius 2 is 1.65 bits per heavy atom. The average molecular weight is 520 g/mol. The van der Waals surface area contributed by atoms with E-state index in [1.54, 1.807) is 42.5 Å². The second kappa shape index (κ2) is 11.0. The molecular weight excluding hydrogens is 498 g/mol. The molecule has 0 bridgehead atoms. The van der Waals surface area contributed by atoms with Crippen molar-refractivity contribution < 1.29 is 28.7 Å². The summed E-state index contributed by atoms with van der Waals surface area (Å²) >= 11 is 6.20. The number of hydrogen-bond donors (Lipinski definition) is 2. The van der Waals surface area contributed by atoms with Crippen molar-refractivity contribution >= 4 is 52.4 Å². The molecule has 1 aliphatic heterocycles. The van der Waals surface area contributed by atoms with E-state index in [1.165, 1.54) is 38.5 Å². The van der Waals surface area contributed by atoms with E-state index >= 15 is 0 Å². The predicted octanol–water partition coefficient (Wildman–Crippen LogP) is 4.10. The van der Waals surface area contributed by atoms with Crippen molar-refractivity contribution in [3.05, 3.63) is 94.7 Å². The van der Waals surface area contributed by atoms with Crippen molar-refractivity contribution in [3.8, 4) is 5.75 Å². The molecule has 10 heteroatoms. The van der Waals surface area contributed by atoms with E-state index in [4.69, 9.17) is 21.1 Å². The zero-order chi connectivity index (χ0) is 26.5. The Morgan fingerprint density at radius 1 is 0.919 bits per heavy atom. The summed E-state index contributed by atoms with van der Waals surface area (Å²) < 4.78 is 9.94. The molecular formula is C27H22ClN3O6. The third-order valence-electron chi connectivity index (χ3n) is 5.52. The summed E-state index contributed by atoms with van der Waals surface area (Å²) in [6.45, 7) is 0. The van der Waals surface area contributed by atoms with Gasteiger partial charge in [0.25, 0.3) is 11.8 Å². The maximum Gasteiger partial charge on any atom is 0.337 e. The molecule has 4 rings (SSSR count). The van der Waals surface area contributed by atoms with Gasteiger partial charge in [-0.15, -0.1) is 0 Å². The highest BCUT2D eigenvalue weighted by Gasteiger charge is 2.39. The molecule has 0 aromatic heterocycles. The quantitative estimate of drug-likeness (QED) is 0.340. The number of ether oxygens (including phenoxy) is 2. The van der Waals surface area contributed by atoms with Crippen LogP contribution >= 0.6 is 11.6 Å². The van der Waals surface area contributed by atoms with Crippen molar-refractivity contribution in [2.75, 3.05) is 29.8 Å². The van der Waals surface area contributed by atoms with E-state index in [2.05, 4.69) is 10.6 Å². The van der Waals surface area contributed by atoms with Crippen LogP contribution in [0.5, 0.6) is 5.75 Å². The highest BCUT2D eigenvalue weighted by Crippen LogP contribution is 2.31. The number of carbonyl (C=O) groups is 4. The number of rotatable bonds is 8. The maximum absolute atomic E-state index is 13.0. The first-order valence-corrected chi connectivity index (χ1v) is 11.5. The van der Waals surface area contributed by atoms with E-state index < -0.39 is 17.8 Å². The first-order chi connectivity index (χ1) is 17.8. The molecule has 0 atom stereocenters. The van der Waals surface area contributed by atoms with Crippen LogP contribution in [0.1, 0.15) is 15.9 Å². The van der Waals surface area contributed by atoms with E-state index in [0.717, 1.165) is 10.5 Å². The number of esters is 1. The van der Waals surface area contributed by atoms with E-state index in [1.807, 2.05) is 6.07 Å². The van der Waals surface area contributed by atoms with Crippen LogP contribution in [0.25, 0.3) is 0 Å². The first-order valence-electron chi connectivity index (χ1n) is 11.1. The Bertz CT molecular complexity index is 1420. The topological polar surface area (TPSA) is 114 Å². The van der Waals surface area contributed by atoms with Crippen LogP contribution in [-0.2, 0) is 25.5 Å². The van der Waals surface area contributed by atoms with Gasteiger partial charge in [0, 0.05) is 5.69 Å². The molecule has 0 saturated heterocycles. The number of carbonyl (C=O) groups excluding carboxylic acids is 4. The van der Waals surface area contributed by atoms with Gasteiger partial charge in [0.2, 0.25) is 5.91 Å². The van der Waals surface area contributed by atoms with Gasteiger partial charge in [0.1, 0.15) is 16.5 Å². The Morgan fingerprint density at radius 3 is 2.35 bits per heavy atom. The maximum atomic E-state index is 13.0. The second-order valence-electron chi connectivity index (χ2n) is 7.92. The fraction of sp³-hybridized carbons (Fsp3) is 0.111. The van der Waals surface area contributed by atoms with Crippen molar-refractivity contribution in [3.63, 3.8) is 0 Å². The Labute approximate surface area is 217 Å². The van der Waals surface area contributed by atoms with Crippen molar-refractivity contribution in [2.24, 2.45) is 0 Å². The van der Waals surface area contributed by atoms with Crippen molar-refractivity contribution in [1.29, 1.82) is 0 Å². The average Bonchev–Trinajstić information content (AvgIpc) is 3.12. The van der Waals surface area contributed by atoms with Crippen LogP contribution in [0.3, 0.4) is 0 Å². The van der Waals surface area contributed by atoms with Crippen LogP contribution in [0.4, 0.5) is 17.1 Å². The summed E-state index contributed by atoms with van der Waals surface area (Å²) in [4.78, 5) is 51.0. The van der Waals surface area contributed by atoms with Crippen LogP contribution in [0.2, 0.25) is 0 Å². The number of methoxy groups -OCH3 is 2. The van der Waals surface area contributed by atoms with Gasteiger partial charge in [0.05, 0.1) is 37.6 Å². The first kappa shape index (κ1) is 25.5. The van der Waals surface area contributed by atoms with Gasteiger partial charge in [0.15, 0.2) is 0 Å². The fourth-order valence-electron chi connectivity index (χ4n) is 3.71. The largest absolute Gasteiger partial charge is 0.495 e. The Hall–Kier alpha value is -4.63. The van der Waals surface area contributed by atoms with Crippen LogP contribution in [-0.4, -0.2) is 37.9 Å². The van der Waals surface area contributed by atoms with E-state index in [0.29, 0.717) is 17.1 Å². The molecule has 0 fully saturated rings. The molecule has 0 radical (unpaired) electrons. The van der Waals surface area contributed by atoms with Crippen LogP contribution in [0.15, 0.2) is 83.5 Å². The molecule has 9 nitrogen and oxygen atoms in total. The molecule has 0 aliphatic carbocycles. The summed E-state index contributed by atoms with van der Waals surface area (Å²) in [6, 6.07) is 19.8.